The Balaban J connectivity index is 2.89. The zero-order valence-electron chi connectivity index (χ0n) is 10.8. The minimum absolute atomic E-state index is 0.0243. The molecule has 17 heavy (non-hydrogen) atoms. The first-order chi connectivity index (χ1) is 8.13. The third kappa shape index (κ3) is 3.20. The molecule has 4 heteroatoms. The Hall–Kier alpha value is -1.55. The summed E-state index contributed by atoms with van der Waals surface area (Å²) >= 11 is 0. The largest absolute Gasteiger partial charge is 0.399 e. The summed E-state index contributed by atoms with van der Waals surface area (Å²) < 4.78 is 0. The molecule has 0 aliphatic rings. The van der Waals surface area contributed by atoms with Crippen LogP contribution in [0.15, 0.2) is 24.3 Å². The highest BCUT2D eigenvalue weighted by atomic mass is 16.2. The number of hydrogen-bond acceptors (Lipinski definition) is 3. The predicted molar refractivity (Wildman–Crippen MR) is 70.5 cm³/mol. The van der Waals surface area contributed by atoms with Gasteiger partial charge in [0.15, 0.2) is 0 Å². The average Bonchev–Trinajstić information content (AvgIpc) is 2.36. The fourth-order valence-corrected chi connectivity index (χ4v) is 1.81. The molecular formula is C13H21N3O. The van der Waals surface area contributed by atoms with Gasteiger partial charge < -0.3 is 5.73 Å². The summed E-state index contributed by atoms with van der Waals surface area (Å²) in [7, 11) is 0. The van der Waals surface area contributed by atoms with E-state index in [0.29, 0.717) is 17.8 Å². The highest BCUT2D eigenvalue weighted by Crippen LogP contribution is 2.10. The van der Waals surface area contributed by atoms with Crippen molar-refractivity contribution < 1.29 is 4.79 Å². The number of nitrogens with zero attached hydrogens (tertiary/aromatic N) is 2. The molecule has 0 saturated heterocycles. The third-order valence-electron chi connectivity index (χ3n) is 2.76. The van der Waals surface area contributed by atoms with Crippen molar-refractivity contribution in [3.63, 3.8) is 0 Å². The quantitative estimate of drug-likeness (QED) is 0.627. The van der Waals surface area contributed by atoms with Crippen molar-refractivity contribution in [2.24, 2.45) is 0 Å². The summed E-state index contributed by atoms with van der Waals surface area (Å²) in [5.74, 6) is 0.0243. The van der Waals surface area contributed by atoms with Crippen LogP contribution >= 0.6 is 0 Å². The number of benzene rings is 1. The predicted octanol–water partition coefficient (Wildman–Crippen LogP) is 1.99. The molecule has 0 aromatic heterocycles. The van der Waals surface area contributed by atoms with Crippen LogP contribution in [0.25, 0.3) is 0 Å². The van der Waals surface area contributed by atoms with Gasteiger partial charge in [0, 0.05) is 30.9 Å². The molecule has 2 N–H and O–H groups in total. The lowest BCUT2D eigenvalue weighted by atomic mass is 10.2. The number of nitrogen functional groups attached to an aromatic ring is 1. The number of nitrogens with two attached hydrogens (primary N) is 1. The number of carbonyl (C=O) groups is 1. The Morgan fingerprint density at radius 3 is 2.00 bits per heavy atom. The van der Waals surface area contributed by atoms with Gasteiger partial charge in [0.25, 0.3) is 5.91 Å². The molecule has 1 amide bonds. The van der Waals surface area contributed by atoms with E-state index >= 15 is 0 Å². The standard InChI is InChI=1S/C13H21N3O/c1-4-15(5-2)16(6-3)13(17)11-7-9-12(14)10-8-11/h7-10H,4-6,14H2,1-3H3. The molecule has 0 unspecified atom stereocenters. The zero-order chi connectivity index (χ0) is 12.8. The first kappa shape index (κ1) is 13.5. The second-order valence-corrected chi connectivity index (χ2v) is 3.78. The van der Waals surface area contributed by atoms with Gasteiger partial charge in [-0.05, 0) is 31.2 Å². The van der Waals surface area contributed by atoms with Crippen molar-refractivity contribution in [1.82, 2.24) is 10.0 Å². The van der Waals surface area contributed by atoms with E-state index in [4.69, 9.17) is 5.73 Å². The maximum absolute atomic E-state index is 12.3. The summed E-state index contributed by atoms with van der Waals surface area (Å²) in [5, 5.41) is 3.80. The van der Waals surface area contributed by atoms with Crippen molar-refractivity contribution >= 4 is 11.6 Å². The molecule has 0 aliphatic carbocycles. The SMILES string of the molecule is CCN(CC)N(CC)C(=O)c1ccc(N)cc1. The van der Waals surface area contributed by atoms with Crippen LogP contribution in [0.5, 0.6) is 0 Å². The van der Waals surface area contributed by atoms with E-state index in [-0.39, 0.29) is 5.91 Å². The normalized spacial score (nSPS) is 10.6. The summed E-state index contributed by atoms with van der Waals surface area (Å²) in [6.45, 7) is 8.39. The average molecular weight is 235 g/mol. The fourth-order valence-electron chi connectivity index (χ4n) is 1.81. The minimum atomic E-state index is 0.0243. The smallest absolute Gasteiger partial charge is 0.268 e. The van der Waals surface area contributed by atoms with Gasteiger partial charge in [-0.3, -0.25) is 9.80 Å². The molecule has 0 spiro atoms. The van der Waals surface area contributed by atoms with Crippen LogP contribution in [0, 0.1) is 0 Å². The van der Waals surface area contributed by atoms with Crippen molar-refractivity contribution in [3.8, 4) is 0 Å². The van der Waals surface area contributed by atoms with E-state index in [1.54, 1.807) is 29.3 Å². The minimum Gasteiger partial charge on any atom is -0.399 e. The van der Waals surface area contributed by atoms with Gasteiger partial charge in [-0.25, -0.2) is 5.01 Å². The fraction of sp³-hybridized carbons (Fsp3) is 0.462. The molecule has 0 atom stereocenters. The van der Waals surface area contributed by atoms with Crippen LogP contribution in [0.4, 0.5) is 5.69 Å². The molecule has 0 bridgehead atoms. The first-order valence-electron chi connectivity index (χ1n) is 6.06. The van der Waals surface area contributed by atoms with Gasteiger partial charge in [0.05, 0.1) is 0 Å². The topological polar surface area (TPSA) is 49.6 Å². The van der Waals surface area contributed by atoms with Crippen LogP contribution in [-0.2, 0) is 0 Å². The Morgan fingerprint density at radius 2 is 1.59 bits per heavy atom. The highest BCUT2D eigenvalue weighted by Gasteiger charge is 2.18. The van der Waals surface area contributed by atoms with Gasteiger partial charge in [0.1, 0.15) is 0 Å². The second kappa shape index (κ2) is 6.25. The Kier molecular flexibility index (Phi) is 4.97. The molecule has 1 aromatic carbocycles. The maximum atomic E-state index is 12.3. The number of hydrogen-bond donors (Lipinski definition) is 1. The lowest BCUT2D eigenvalue weighted by Gasteiger charge is -2.32. The highest BCUT2D eigenvalue weighted by molar-refractivity contribution is 5.94. The number of hydrazine groups is 1. The monoisotopic (exact) mass is 235 g/mol. The number of amides is 1. The van der Waals surface area contributed by atoms with Crippen molar-refractivity contribution in [1.29, 1.82) is 0 Å². The van der Waals surface area contributed by atoms with E-state index in [1.807, 2.05) is 25.8 Å². The van der Waals surface area contributed by atoms with E-state index < -0.39 is 0 Å². The van der Waals surface area contributed by atoms with Crippen LogP contribution in [0.1, 0.15) is 31.1 Å². The van der Waals surface area contributed by atoms with Crippen molar-refractivity contribution in [2.75, 3.05) is 25.4 Å². The van der Waals surface area contributed by atoms with E-state index in [0.717, 1.165) is 13.1 Å². The molecule has 94 valence electrons. The molecule has 1 rings (SSSR count). The van der Waals surface area contributed by atoms with E-state index in [9.17, 15) is 4.79 Å². The summed E-state index contributed by atoms with van der Waals surface area (Å²) in [6.07, 6.45) is 0. The lowest BCUT2D eigenvalue weighted by molar-refractivity contribution is -0.00113. The summed E-state index contributed by atoms with van der Waals surface area (Å²) in [4.78, 5) is 12.3. The van der Waals surface area contributed by atoms with Crippen LogP contribution in [0.2, 0.25) is 0 Å². The van der Waals surface area contributed by atoms with Gasteiger partial charge in [-0.2, -0.15) is 0 Å². The molecule has 4 nitrogen and oxygen atoms in total. The summed E-state index contributed by atoms with van der Waals surface area (Å²) in [5.41, 5.74) is 6.96. The Morgan fingerprint density at radius 1 is 1.06 bits per heavy atom. The van der Waals surface area contributed by atoms with Crippen molar-refractivity contribution in [2.45, 2.75) is 20.8 Å². The molecule has 0 aliphatic heterocycles. The Labute approximate surface area is 103 Å². The maximum Gasteiger partial charge on any atom is 0.268 e. The molecule has 1 aromatic rings. The van der Waals surface area contributed by atoms with Crippen molar-refractivity contribution in [3.05, 3.63) is 29.8 Å². The second-order valence-electron chi connectivity index (χ2n) is 3.78. The lowest BCUT2D eigenvalue weighted by Crippen LogP contribution is -2.46. The van der Waals surface area contributed by atoms with Gasteiger partial charge >= 0.3 is 0 Å². The van der Waals surface area contributed by atoms with Crippen LogP contribution in [0.3, 0.4) is 0 Å². The van der Waals surface area contributed by atoms with Gasteiger partial charge in [0.2, 0.25) is 0 Å². The number of rotatable bonds is 5. The molecule has 0 heterocycles. The van der Waals surface area contributed by atoms with Crippen LogP contribution in [-0.4, -0.2) is 35.6 Å². The molecule has 0 radical (unpaired) electrons. The number of anilines is 1. The van der Waals surface area contributed by atoms with Crippen LogP contribution < -0.4 is 5.73 Å². The summed E-state index contributed by atoms with van der Waals surface area (Å²) in [6, 6.07) is 7.04. The first-order valence-corrected chi connectivity index (χ1v) is 6.06. The van der Waals surface area contributed by atoms with Gasteiger partial charge in [-0.15, -0.1) is 0 Å². The Bertz CT molecular complexity index is 357. The van der Waals surface area contributed by atoms with Gasteiger partial charge in [-0.1, -0.05) is 13.8 Å². The third-order valence-corrected chi connectivity index (χ3v) is 2.76. The zero-order valence-corrected chi connectivity index (χ0v) is 10.8. The number of carbonyl (C=O) groups excluding carboxylic acids is 1. The van der Waals surface area contributed by atoms with E-state index in [2.05, 4.69) is 0 Å². The molecule has 0 saturated carbocycles. The molecular weight excluding hydrogens is 214 g/mol. The van der Waals surface area contributed by atoms with E-state index in [1.165, 1.54) is 0 Å². The molecule has 0 fully saturated rings.